The van der Waals surface area contributed by atoms with Gasteiger partial charge >= 0.3 is 0 Å². The molecule has 1 aromatic heterocycles. The molecule has 16 heavy (non-hydrogen) atoms. The lowest BCUT2D eigenvalue weighted by atomic mass is 9.92. The third-order valence-electron chi connectivity index (χ3n) is 2.04. The molecule has 0 spiro atoms. The summed E-state index contributed by atoms with van der Waals surface area (Å²) in [6.45, 7) is 7.55. The number of hydrogen-bond donors (Lipinski definition) is 1. The van der Waals surface area contributed by atoms with Crippen LogP contribution in [0.4, 0.5) is 5.82 Å². The predicted octanol–water partition coefficient (Wildman–Crippen LogP) is 3.70. The number of anilines is 1. The first-order valence-electron chi connectivity index (χ1n) is 5.23. The van der Waals surface area contributed by atoms with Gasteiger partial charge in [-0.05, 0) is 18.1 Å². The maximum Gasteiger partial charge on any atom is 0.190 e. The number of aromatic nitrogens is 2. The molecule has 0 atom stereocenters. The lowest BCUT2D eigenvalue weighted by Gasteiger charge is -2.18. The Morgan fingerprint density at radius 2 is 2.06 bits per heavy atom. The van der Waals surface area contributed by atoms with E-state index in [1.54, 1.807) is 6.07 Å². The van der Waals surface area contributed by atoms with Gasteiger partial charge in [0.2, 0.25) is 0 Å². The molecular formula is C11H18ClN3S. The molecule has 0 unspecified atom stereocenters. The van der Waals surface area contributed by atoms with Crippen LogP contribution in [0.5, 0.6) is 0 Å². The summed E-state index contributed by atoms with van der Waals surface area (Å²) in [7, 11) is 0. The molecule has 0 saturated heterocycles. The Labute approximate surface area is 106 Å². The lowest BCUT2D eigenvalue weighted by Crippen LogP contribution is -2.13. The molecule has 0 bridgehead atoms. The summed E-state index contributed by atoms with van der Waals surface area (Å²) in [5.74, 6) is 0.800. The second-order valence-electron chi connectivity index (χ2n) is 4.80. The standard InChI is InChI=1S/C11H18ClN3S/c1-11(2,3)5-6-13-9-7-8(12)14-10(15-9)16-4/h7H,5-6H2,1-4H3,(H,13,14,15). The highest BCUT2D eigenvalue weighted by Crippen LogP contribution is 2.20. The summed E-state index contributed by atoms with van der Waals surface area (Å²) in [6, 6.07) is 1.75. The number of thioether (sulfide) groups is 1. The summed E-state index contributed by atoms with van der Waals surface area (Å²) in [5, 5.41) is 4.45. The Kier molecular flexibility index (Phi) is 4.87. The van der Waals surface area contributed by atoms with Crippen LogP contribution >= 0.6 is 23.4 Å². The Morgan fingerprint density at radius 3 is 2.62 bits per heavy atom. The van der Waals surface area contributed by atoms with E-state index in [2.05, 4.69) is 36.1 Å². The van der Waals surface area contributed by atoms with Crippen LogP contribution in [-0.2, 0) is 0 Å². The highest BCUT2D eigenvalue weighted by atomic mass is 35.5. The second-order valence-corrected chi connectivity index (χ2v) is 5.96. The molecule has 1 rings (SSSR count). The van der Waals surface area contributed by atoms with Crippen LogP contribution in [0.25, 0.3) is 0 Å². The van der Waals surface area contributed by atoms with Crippen LogP contribution in [-0.4, -0.2) is 22.8 Å². The summed E-state index contributed by atoms with van der Waals surface area (Å²) >= 11 is 7.38. The van der Waals surface area contributed by atoms with Crippen molar-refractivity contribution in [3.8, 4) is 0 Å². The average molecular weight is 260 g/mol. The van der Waals surface area contributed by atoms with Gasteiger partial charge < -0.3 is 5.32 Å². The van der Waals surface area contributed by atoms with Gasteiger partial charge in [0.1, 0.15) is 11.0 Å². The number of hydrogen-bond acceptors (Lipinski definition) is 4. The predicted molar refractivity (Wildman–Crippen MR) is 71.4 cm³/mol. The summed E-state index contributed by atoms with van der Waals surface area (Å²) < 4.78 is 0. The lowest BCUT2D eigenvalue weighted by molar-refractivity contribution is 0.389. The van der Waals surface area contributed by atoms with E-state index in [-0.39, 0.29) is 0 Å². The molecule has 0 aliphatic heterocycles. The number of halogens is 1. The van der Waals surface area contributed by atoms with Gasteiger partial charge in [-0.1, -0.05) is 44.1 Å². The fourth-order valence-corrected chi connectivity index (χ4v) is 1.76. The molecule has 0 amide bonds. The van der Waals surface area contributed by atoms with E-state index in [1.165, 1.54) is 11.8 Å². The van der Waals surface area contributed by atoms with Crippen LogP contribution < -0.4 is 5.32 Å². The van der Waals surface area contributed by atoms with Gasteiger partial charge in [-0.2, -0.15) is 0 Å². The molecule has 5 heteroatoms. The van der Waals surface area contributed by atoms with Crippen molar-refractivity contribution in [3.05, 3.63) is 11.2 Å². The molecule has 3 nitrogen and oxygen atoms in total. The molecule has 0 fully saturated rings. The van der Waals surface area contributed by atoms with Gasteiger partial charge in [0, 0.05) is 12.6 Å². The zero-order valence-electron chi connectivity index (χ0n) is 10.2. The number of nitrogens with zero attached hydrogens (tertiary/aromatic N) is 2. The molecule has 1 N–H and O–H groups in total. The largest absolute Gasteiger partial charge is 0.370 e. The van der Waals surface area contributed by atoms with Gasteiger partial charge in [0.15, 0.2) is 5.16 Å². The zero-order chi connectivity index (χ0) is 12.2. The molecule has 0 aliphatic carbocycles. The molecule has 90 valence electrons. The minimum absolute atomic E-state index is 0.326. The summed E-state index contributed by atoms with van der Waals surface area (Å²) in [5.41, 5.74) is 0.326. The number of rotatable bonds is 4. The van der Waals surface area contributed by atoms with E-state index >= 15 is 0 Å². The Bertz CT molecular complexity index is 350. The maximum absolute atomic E-state index is 5.89. The van der Waals surface area contributed by atoms with Gasteiger partial charge in [-0.15, -0.1) is 0 Å². The van der Waals surface area contributed by atoms with E-state index in [1.807, 2.05) is 6.26 Å². The van der Waals surface area contributed by atoms with Crippen LogP contribution in [0.3, 0.4) is 0 Å². The molecule has 0 radical (unpaired) electrons. The van der Waals surface area contributed by atoms with E-state index < -0.39 is 0 Å². The van der Waals surface area contributed by atoms with Crippen molar-refractivity contribution < 1.29 is 0 Å². The molecule has 0 aromatic carbocycles. The van der Waals surface area contributed by atoms with Gasteiger partial charge in [0.25, 0.3) is 0 Å². The van der Waals surface area contributed by atoms with E-state index in [0.29, 0.717) is 15.7 Å². The molecule has 1 heterocycles. The Hall–Kier alpha value is -0.480. The average Bonchev–Trinajstić information content (AvgIpc) is 2.14. The smallest absolute Gasteiger partial charge is 0.190 e. The SMILES string of the molecule is CSc1nc(Cl)cc(NCCC(C)(C)C)n1. The monoisotopic (exact) mass is 259 g/mol. The van der Waals surface area contributed by atoms with E-state index in [9.17, 15) is 0 Å². The summed E-state index contributed by atoms with van der Waals surface area (Å²) in [6.07, 6.45) is 3.02. The number of nitrogens with one attached hydrogen (secondary N) is 1. The van der Waals surface area contributed by atoms with Crippen LogP contribution in [0.2, 0.25) is 5.15 Å². The maximum atomic E-state index is 5.89. The van der Waals surface area contributed by atoms with Crippen LogP contribution in [0.15, 0.2) is 11.2 Å². The molecule has 0 saturated carbocycles. The van der Waals surface area contributed by atoms with Gasteiger partial charge in [-0.3, -0.25) is 0 Å². The van der Waals surface area contributed by atoms with E-state index in [4.69, 9.17) is 11.6 Å². The van der Waals surface area contributed by atoms with E-state index in [0.717, 1.165) is 18.8 Å². The third-order valence-corrected chi connectivity index (χ3v) is 2.78. The zero-order valence-corrected chi connectivity index (χ0v) is 11.7. The van der Waals surface area contributed by atoms with Crippen molar-refractivity contribution >= 4 is 29.2 Å². The quantitative estimate of drug-likeness (QED) is 0.508. The molecular weight excluding hydrogens is 242 g/mol. The highest BCUT2D eigenvalue weighted by Gasteiger charge is 2.09. The van der Waals surface area contributed by atoms with Crippen molar-refractivity contribution in [2.75, 3.05) is 18.1 Å². The minimum Gasteiger partial charge on any atom is -0.370 e. The van der Waals surface area contributed by atoms with Crippen molar-refractivity contribution in [1.29, 1.82) is 0 Å². The highest BCUT2D eigenvalue weighted by molar-refractivity contribution is 7.98. The molecule has 0 aliphatic rings. The minimum atomic E-state index is 0.326. The van der Waals surface area contributed by atoms with Crippen molar-refractivity contribution in [1.82, 2.24) is 9.97 Å². The van der Waals surface area contributed by atoms with Crippen LogP contribution in [0.1, 0.15) is 27.2 Å². The second kappa shape index (κ2) is 5.73. The first-order valence-corrected chi connectivity index (χ1v) is 6.83. The fourth-order valence-electron chi connectivity index (χ4n) is 1.14. The topological polar surface area (TPSA) is 37.8 Å². The first kappa shape index (κ1) is 13.6. The Balaban J connectivity index is 2.57. The molecule has 1 aromatic rings. The van der Waals surface area contributed by atoms with Gasteiger partial charge in [0.05, 0.1) is 0 Å². The van der Waals surface area contributed by atoms with Crippen molar-refractivity contribution in [3.63, 3.8) is 0 Å². The van der Waals surface area contributed by atoms with Crippen LogP contribution in [0, 0.1) is 5.41 Å². The van der Waals surface area contributed by atoms with Gasteiger partial charge in [-0.25, -0.2) is 9.97 Å². The fraction of sp³-hybridized carbons (Fsp3) is 0.636. The Morgan fingerprint density at radius 1 is 1.38 bits per heavy atom. The van der Waals surface area contributed by atoms with Crippen molar-refractivity contribution in [2.24, 2.45) is 5.41 Å². The summed E-state index contributed by atoms with van der Waals surface area (Å²) in [4.78, 5) is 8.41. The first-order chi connectivity index (χ1) is 7.40. The third kappa shape index (κ3) is 5.03. The van der Waals surface area contributed by atoms with Crippen molar-refractivity contribution in [2.45, 2.75) is 32.3 Å². The normalized spacial score (nSPS) is 11.6.